The highest BCUT2D eigenvalue weighted by molar-refractivity contribution is 6.89. The molecule has 0 spiro atoms. The summed E-state index contributed by atoms with van der Waals surface area (Å²) in [5, 5.41) is 7.85. The van der Waals surface area contributed by atoms with E-state index >= 15 is 0 Å². The van der Waals surface area contributed by atoms with Gasteiger partial charge in [0.15, 0.2) is 0 Å². The molecule has 0 bridgehead atoms. The molecule has 0 saturated carbocycles. The van der Waals surface area contributed by atoms with Crippen LogP contribution >= 0.6 is 0 Å². The summed E-state index contributed by atoms with van der Waals surface area (Å²) in [6.45, 7) is 14.5. The third kappa shape index (κ3) is 9.23. The van der Waals surface area contributed by atoms with Crippen LogP contribution in [0, 0.1) is 0 Å². The number of nitrogens with zero attached hydrogens (tertiary/aromatic N) is 2. The fourth-order valence-corrected chi connectivity index (χ4v) is 12.6. The predicted molar refractivity (Wildman–Crippen MR) is 319 cm³/mol. The second-order valence-electron chi connectivity index (χ2n) is 21.0. The number of fused-ring (bicyclic) bond motifs is 2. The Morgan fingerprint density at radius 1 is 0.208 bits per heavy atom. The summed E-state index contributed by atoms with van der Waals surface area (Å²) in [7, 11) is -2.96. The Bertz CT molecular complexity index is 3330. The third-order valence-electron chi connectivity index (χ3n) is 14.2. The molecular formula is C68H60N2Si2. The molecule has 0 atom stereocenters. The zero-order chi connectivity index (χ0) is 49.4. The first kappa shape index (κ1) is 46.4. The van der Waals surface area contributed by atoms with Gasteiger partial charge in [0, 0.05) is 34.1 Å². The lowest BCUT2D eigenvalue weighted by atomic mass is 9.86. The summed E-state index contributed by atoms with van der Waals surface area (Å²) in [5.41, 5.74) is 16.5. The molecular weight excluding hydrogens is 901 g/mol. The maximum atomic E-state index is 2.41. The van der Waals surface area contributed by atoms with Gasteiger partial charge in [-0.15, -0.1) is 0 Å². The molecule has 0 heterocycles. The van der Waals surface area contributed by atoms with Crippen LogP contribution < -0.4 is 20.2 Å². The molecule has 0 aromatic heterocycles. The van der Waals surface area contributed by atoms with Crippen LogP contribution in [-0.4, -0.2) is 16.1 Å². The molecule has 11 aromatic carbocycles. The highest BCUT2D eigenvalue weighted by atomic mass is 28.3. The first-order chi connectivity index (χ1) is 35.0. The van der Waals surface area contributed by atoms with Crippen LogP contribution in [0.5, 0.6) is 0 Å². The van der Waals surface area contributed by atoms with Gasteiger partial charge < -0.3 is 9.80 Å². The average molecular weight is 961 g/mol. The molecule has 0 fully saturated rings. The van der Waals surface area contributed by atoms with Crippen LogP contribution in [-0.2, 0) is 0 Å². The van der Waals surface area contributed by atoms with Crippen molar-refractivity contribution in [3.63, 3.8) is 0 Å². The molecule has 11 aromatic rings. The van der Waals surface area contributed by atoms with Crippen LogP contribution in [0.25, 0.3) is 66.1 Å². The second-order valence-corrected chi connectivity index (χ2v) is 31.2. The molecule has 0 saturated heterocycles. The summed E-state index contributed by atoms with van der Waals surface area (Å²) in [6, 6.07) is 94.1. The zero-order valence-corrected chi connectivity index (χ0v) is 44.1. The molecule has 0 amide bonds. The molecule has 0 unspecified atom stereocenters. The van der Waals surface area contributed by atoms with E-state index in [1.165, 1.54) is 76.4 Å². The van der Waals surface area contributed by atoms with Gasteiger partial charge in [-0.2, -0.15) is 0 Å². The van der Waals surface area contributed by atoms with E-state index in [-0.39, 0.29) is 0 Å². The van der Waals surface area contributed by atoms with Gasteiger partial charge in [0.05, 0.1) is 16.1 Å². The van der Waals surface area contributed by atoms with Gasteiger partial charge in [0.1, 0.15) is 0 Å². The highest BCUT2D eigenvalue weighted by Gasteiger charge is 2.22. The molecule has 11 rings (SSSR count). The van der Waals surface area contributed by atoms with Gasteiger partial charge in [0.25, 0.3) is 0 Å². The van der Waals surface area contributed by atoms with Crippen LogP contribution in [0.15, 0.2) is 255 Å². The number of hydrogen-bond acceptors (Lipinski definition) is 2. The van der Waals surface area contributed by atoms with Gasteiger partial charge in [-0.25, -0.2) is 0 Å². The Balaban J connectivity index is 0.980. The first-order valence-corrected chi connectivity index (χ1v) is 32.2. The predicted octanol–water partition coefficient (Wildman–Crippen LogP) is 18.7. The summed E-state index contributed by atoms with van der Waals surface area (Å²) >= 11 is 0. The maximum absolute atomic E-state index is 2.41. The fourth-order valence-electron chi connectivity index (χ4n) is 10.3. The minimum atomic E-state index is -1.48. The first-order valence-electron chi connectivity index (χ1n) is 25.2. The summed E-state index contributed by atoms with van der Waals surface area (Å²) < 4.78 is 0. The normalized spacial score (nSPS) is 11.8. The molecule has 0 aliphatic heterocycles. The Morgan fingerprint density at radius 2 is 0.417 bits per heavy atom. The Kier molecular flexibility index (Phi) is 12.4. The zero-order valence-electron chi connectivity index (χ0n) is 42.1. The van der Waals surface area contributed by atoms with Crippen LogP contribution in [0.2, 0.25) is 39.3 Å². The summed E-state index contributed by atoms with van der Waals surface area (Å²) in [6.07, 6.45) is 0. The summed E-state index contributed by atoms with van der Waals surface area (Å²) in [5.74, 6) is 0. The van der Waals surface area contributed by atoms with Crippen LogP contribution in [0.4, 0.5) is 34.1 Å². The van der Waals surface area contributed by atoms with Crippen molar-refractivity contribution in [2.24, 2.45) is 0 Å². The van der Waals surface area contributed by atoms with Gasteiger partial charge in [-0.1, -0.05) is 232 Å². The van der Waals surface area contributed by atoms with Gasteiger partial charge in [-0.3, -0.25) is 0 Å². The number of benzene rings is 11. The summed E-state index contributed by atoms with van der Waals surface area (Å²) in [4.78, 5) is 4.78. The minimum Gasteiger partial charge on any atom is -0.311 e. The largest absolute Gasteiger partial charge is 0.311 e. The van der Waals surface area contributed by atoms with E-state index < -0.39 is 16.1 Å². The van der Waals surface area contributed by atoms with E-state index in [2.05, 4.69) is 304 Å². The molecule has 2 nitrogen and oxygen atoms in total. The molecule has 4 heteroatoms. The minimum absolute atomic E-state index is 1.12. The third-order valence-corrected chi connectivity index (χ3v) is 18.3. The van der Waals surface area contributed by atoms with Crippen molar-refractivity contribution < 1.29 is 0 Å². The lowest BCUT2D eigenvalue weighted by Gasteiger charge is -2.27. The van der Waals surface area contributed by atoms with Gasteiger partial charge in [0.2, 0.25) is 0 Å². The van der Waals surface area contributed by atoms with Crippen molar-refractivity contribution in [3.05, 3.63) is 255 Å². The topological polar surface area (TPSA) is 6.48 Å². The molecule has 0 aliphatic rings. The molecule has 72 heavy (non-hydrogen) atoms. The number of rotatable bonds is 12. The SMILES string of the molecule is C[Si](C)(C)c1ccc(N(c2ccc(-c3ccccc3)cc2)c2ccc(-c3c4ccccc4c(-c4ccc(N(c5ccc(-c6ccccc6)cc5)c5ccc([Si](C)(C)C)cc5)cc4)c4ccccc34)cc2)cc1. The standard InChI is InChI=1S/C68H60N2Si2/c1-71(2,3)61-45-41-59(42-46-61)69(55-33-25-51(26-34-55)49-17-9-7-10-18-49)57-37-29-53(30-38-57)67-63-21-13-15-23-65(63)68(66-24-16-14-22-64(66)67)54-31-39-58(40-32-54)70(60-43-47-62(48-44-60)72(4,5)6)56-35-27-52(28-36-56)50-19-11-8-12-20-50/h7-48H,1-6H3. The van der Waals surface area contributed by atoms with Gasteiger partial charge >= 0.3 is 0 Å². The van der Waals surface area contributed by atoms with E-state index in [0.29, 0.717) is 0 Å². The Morgan fingerprint density at radius 3 is 0.667 bits per heavy atom. The lowest BCUT2D eigenvalue weighted by Crippen LogP contribution is -2.37. The van der Waals surface area contributed by atoms with Crippen molar-refractivity contribution in [2.45, 2.75) is 39.3 Å². The monoisotopic (exact) mass is 960 g/mol. The maximum Gasteiger partial charge on any atom is 0.0775 e. The fraction of sp³-hybridized carbons (Fsp3) is 0.0882. The van der Waals surface area contributed by atoms with Crippen molar-refractivity contribution in [2.75, 3.05) is 9.80 Å². The number of hydrogen-bond donors (Lipinski definition) is 0. The lowest BCUT2D eigenvalue weighted by molar-refractivity contribution is 1.28. The van der Waals surface area contributed by atoms with Crippen molar-refractivity contribution in [1.29, 1.82) is 0 Å². The quantitative estimate of drug-likeness (QED) is 0.0889. The van der Waals surface area contributed by atoms with Crippen molar-refractivity contribution in [3.8, 4) is 44.5 Å². The van der Waals surface area contributed by atoms with E-state index in [1.54, 1.807) is 0 Å². The van der Waals surface area contributed by atoms with E-state index in [1.807, 2.05) is 0 Å². The second kappa shape index (κ2) is 19.3. The Hall–Kier alpha value is -8.03. The van der Waals surface area contributed by atoms with Crippen LogP contribution in [0.1, 0.15) is 0 Å². The number of anilines is 6. The van der Waals surface area contributed by atoms with Crippen molar-refractivity contribution >= 4 is 82.2 Å². The molecule has 0 N–H and O–H groups in total. The van der Waals surface area contributed by atoms with E-state index in [0.717, 1.165) is 34.1 Å². The molecule has 0 aliphatic carbocycles. The van der Waals surface area contributed by atoms with Crippen molar-refractivity contribution in [1.82, 2.24) is 0 Å². The smallest absolute Gasteiger partial charge is 0.0775 e. The molecule has 350 valence electrons. The van der Waals surface area contributed by atoms with E-state index in [4.69, 9.17) is 0 Å². The Labute approximate surface area is 428 Å². The van der Waals surface area contributed by atoms with Gasteiger partial charge in [-0.05, 0) is 139 Å². The van der Waals surface area contributed by atoms with Crippen LogP contribution in [0.3, 0.4) is 0 Å². The molecule has 0 radical (unpaired) electrons. The van der Waals surface area contributed by atoms with E-state index in [9.17, 15) is 0 Å². The average Bonchev–Trinajstić information content (AvgIpc) is 3.41. The highest BCUT2D eigenvalue weighted by Crippen LogP contribution is 2.46.